The Morgan fingerprint density at radius 2 is 2.29 bits per heavy atom. The number of rotatable bonds is 4. The summed E-state index contributed by atoms with van der Waals surface area (Å²) in [6, 6.07) is 4.40. The zero-order chi connectivity index (χ0) is 10.6. The summed E-state index contributed by atoms with van der Waals surface area (Å²) in [5.41, 5.74) is 6.15. The number of halogens is 1. The van der Waals surface area contributed by atoms with Gasteiger partial charge >= 0.3 is 5.97 Å². The second kappa shape index (κ2) is 4.57. The number of hydrogen-bond acceptors (Lipinski definition) is 3. The van der Waals surface area contributed by atoms with Crippen LogP contribution in [0.25, 0.3) is 0 Å². The van der Waals surface area contributed by atoms with Gasteiger partial charge in [-0.15, -0.1) is 0 Å². The molecule has 1 rings (SSSR count). The first-order valence-electron chi connectivity index (χ1n) is 4.07. The quantitative estimate of drug-likeness (QED) is 0.668. The van der Waals surface area contributed by atoms with Crippen molar-refractivity contribution in [3.63, 3.8) is 0 Å². The number of aliphatic carboxylic acids is 1. The number of carboxylic acid groups (broad SMARTS) is 1. The molecule has 4 N–H and O–H groups in total. The van der Waals surface area contributed by atoms with Crippen LogP contribution in [-0.4, -0.2) is 17.6 Å². The summed E-state index contributed by atoms with van der Waals surface area (Å²) >= 11 is 0. The van der Waals surface area contributed by atoms with Gasteiger partial charge in [0.2, 0.25) is 0 Å². The molecule has 0 aliphatic heterocycles. The Morgan fingerprint density at radius 1 is 1.57 bits per heavy atom. The van der Waals surface area contributed by atoms with Crippen molar-refractivity contribution in [3.05, 3.63) is 29.6 Å². The minimum absolute atomic E-state index is 0.171. The van der Waals surface area contributed by atoms with Crippen LogP contribution in [0, 0.1) is 5.82 Å². The molecule has 0 fully saturated rings. The molecule has 4 nitrogen and oxygen atoms in total. The molecular formula is C9H11FN2O2. The Hall–Kier alpha value is -1.62. The maximum absolute atomic E-state index is 13.2. The first-order valence-corrected chi connectivity index (χ1v) is 4.07. The van der Waals surface area contributed by atoms with Crippen molar-refractivity contribution in [2.45, 2.75) is 6.54 Å². The van der Waals surface area contributed by atoms with E-state index in [0.717, 1.165) is 0 Å². The van der Waals surface area contributed by atoms with Crippen molar-refractivity contribution in [3.8, 4) is 0 Å². The van der Waals surface area contributed by atoms with E-state index < -0.39 is 11.8 Å². The SMILES string of the molecule is NCc1ccc(NCC(=O)O)c(F)c1. The summed E-state index contributed by atoms with van der Waals surface area (Å²) in [5.74, 6) is -1.53. The highest BCUT2D eigenvalue weighted by Crippen LogP contribution is 2.14. The van der Waals surface area contributed by atoms with Crippen LogP contribution in [0.3, 0.4) is 0 Å². The third-order valence-corrected chi connectivity index (χ3v) is 1.70. The highest BCUT2D eigenvalue weighted by molar-refractivity contribution is 5.72. The zero-order valence-electron chi connectivity index (χ0n) is 7.46. The monoisotopic (exact) mass is 198 g/mol. The summed E-state index contributed by atoms with van der Waals surface area (Å²) in [7, 11) is 0. The summed E-state index contributed by atoms with van der Waals surface area (Å²) in [6.45, 7) is -0.0466. The maximum atomic E-state index is 13.2. The summed E-state index contributed by atoms with van der Waals surface area (Å²) in [6.07, 6.45) is 0. The highest BCUT2D eigenvalue weighted by atomic mass is 19.1. The van der Waals surface area contributed by atoms with Gasteiger partial charge < -0.3 is 16.2 Å². The fourth-order valence-corrected chi connectivity index (χ4v) is 1.000. The van der Waals surface area contributed by atoms with Crippen molar-refractivity contribution in [2.75, 3.05) is 11.9 Å². The van der Waals surface area contributed by atoms with Gasteiger partial charge in [0.1, 0.15) is 12.4 Å². The number of benzene rings is 1. The fraction of sp³-hybridized carbons (Fsp3) is 0.222. The molecule has 0 spiro atoms. The van der Waals surface area contributed by atoms with Crippen LogP contribution in [-0.2, 0) is 11.3 Å². The third kappa shape index (κ3) is 2.70. The zero-order valence-corrected chi connectivity index (χ0v) is 7.46. The van der Waals surface area contributed by atoms with E-state index in [1.165, 1.54) is 12.1 Å². The average Bonchev–Trinajstić information content (AvgIpc) is 2.15. The van der Waals surface area contributed by atoms with E-state index in [1.54, 1.807) is 6.07 Å². The van der Waals surface area contributed by atoms with E-state index in [4.69, 9.17) is 10.8 Å². The molecule has 0 aromatic heterocycles. The van der Waals surface area contributed by atoms with Crippen LogP contribution in [0.5, 0.6) is 0 Å². The van der Waals surface area contributed by atoms with Gasteiger partial charge in [-0.25, -0.2) is 4.39 Å². The molecule has 0 radical (unpaired) electrons. The predicted octanol–water partition coefficient (Wildman–Crippen LogP) is 0.781. The molecule has 76 valence electrons. The van der Waals surface area contributed by atoms with E-state index in [9.17, 15) is 9.18 Å². The van der Waals surface area contributed by atoms with E-state index in [-0.39, 0.29) is 18.8 Å². The molecule has 1 aromatic rings. The van der Waals surface area contributed by atoms with Gasteiger partial charge in [-0.3, -0.25) is 4.79 Å². The molecule has 0 heterocycles. The lowest BCUT2D eigenvalue weighted by atomic mass is 10.2. The van der Waals surface area contributed by atoms with E-state index in [1.807, 2.05) is 0 Å². The standard InChI is InChI=1S/C9H11FN2O2/c10-7-3-6(4-11)1-2-8(7)12-5-9(13)14/h1-3,12H,4-5,11H2,(H,13,14). The average molecular weight is 198 g/mol. The molecular weight excluding hydrogens is 187 g/mol. The second-order valence-corrected chi connectivity index (χ2v) is 2.77. The molecule has 5 heteroatoms. The molecule has 14 heavy (non-hydrogen) atoms. The van der Waals surface area contributed by atoms with Gasteiger partial charge in [0.05, 0.1) is 5.69 Å². The van der Waals surface area contributed by atoms with Gasteiger partial charge in [0.15, 0.2) is 0 Å². The first kappa shape index (κ1) is 10.5. The molecule has 0 saturated carbocycles. The molecule has 0 amide bonds. The number of carboxylic acids is 1. The van der Waals surface area contributed by atoms with E-state index in [0.29, 0.717) is 5.56 Å². The van der Waals surface area contributed by atoms with Crippen LogP contribution in [0.4, 0.5) is 10.1 Å². The van der Waals surface area contributed by atoms with Crippen LogP contribution >= 0.6 is 0 Å². The Morgan fingerprint density at radius 3 is 2.79 bits per heavy atom. The summed E-state index contributed by atoms with van der Waals surface area (Å²) < 4.78 is 13.2. The maximum Gasteiger partial charge on any atom is 0.322 e. The Bertz CT molecular complexity index is 342. The topological polar surface area (TPSA) is 75.3 Å². The molecule has 0 saturated heterocycles. The number of nitrogens with two attached hydrogens (primary N) is 1. The minimum Gasteiger partial charge on any atom is -0.480 e. The molecule has 0 aliphatic carbocycles. The van der Waals surface area contributed by atoms with Crippen LogP contribution in [0.2, 0.25) is 0 Å². The molecule has 0 aliphatic rings. The Balaban J connectivity index is 2.73. The predicted molar refractivity (Wildman–Crippen MR) is 50.4 cm³/mol. The number of anilines is 1. The minimum atomic E-state index is -1.03. The lowest BCUT2D eigenvalue weighted by Gasteiger charge is -2.05. The molecule has 0 unspecified atom stereocenters. The summed E-state index contributed by atoms with van der Waals surface area (Å²) in [5, 5.41) is 10.8. The second-order valence-electron chi connectivity index (χ2n) is 2.77. The van der Waals surface area contributed by atoms with Crippen molar-refractivity contribution in [1.82, 2.24) is 0 Å². The van der Waals surface area contributed by atoms with Gasteiger partial charge in [-0.2, -0.15) is 0 Å². The number of hydrogen-bond donors (Lipinski definition) is 3. The van der Waals surface area contributed by atoms with Crippen molar-refractivity contribution < 1.29 is 14.3 Å². The lowest BCUT2D eigenvalue weighted by molar-refractivity contribution is -0.134. The molecule has 0 atom stereocenters. The normalized spacial score (nSPS) is 9.86. The summed E-state index contributed by atoms with van der Waals surface area (Å²) in [4.78, 5) is 10.2. The van der Waals surface area contributed by atoms with E-state index in [2.05, 4.69) is 5.32 Å². The van der Waals surface area contributed by atoms with Gasteiger partial charge in [-0.1, -0.05) is 6.07 Å². The van der Waals surface area contributed by atoms with Crippen LogP contribution in [0.15, 0.2) is 18.2 Å². The fourth-order valence-electron chi connectivity index (χ4n) is 1.000. The van der Waals surface area contributed by atoms with E-state index >= 15 is 0 Å². The van der Waals surface area contributed by atoms with Gasteiger partial charge in [0.25, 0.3) is 0 Å². The lowest BCUT2D eigenvalue weighted by Crippen LogP contribution is -2.13. The Labute approximate surface area is 80.5 Å². The van der Waals surface area contributed by atoms with Crippen molar-refractivity contribution in [2.24, 2.45) is 5.73 Å². The first-order chi connectivity index (χ1) is 6.63. The smallest absolute Gasteiger partial charge is 0.322 e. The largest absolute Gasteiger partial charge is 0.480 e. The van der Waals surface area contributed by atoms with Crippen molar-refractivity contribution in [1.29, 1.82) is 0 Å². The van der Waals surface area contributed by atoms with Crippen LogP contribution in [0.1, 0.15) is 5.56 Å². The molecule has 0 bridgehead atoms. The highest BCUT2D eigenvalue weighted by Gasteiger charge is 2.03. The van der Waals surface area contributed by atoms with Gasteiger partial charge in [-0.05, 0) is 17.7 Å². The van der Waals surface area contributed by atoms with Crippen molar-refractivity contribution >= 4 is 11.7 Å². The molecule has 1 aromatic carbocycles. The van der Waals surface area contributed by atoms with Gasteiger partial charge in [0, 0.05) is 6.54 Å². The number of carbonyl (C=O) groups is 1. The number of nitrogens with one attached hydrogen (secondary N) is 1. The van der Waals surface area contributed by atoms with Crippen LogP contribution < -0.4 is 11.1 Å². The third-order valence-electron chi connectivity index (χ3n) is 1.70. The Kier molecular flexibility index (Phi) is 3.41.